The van der Waals surface area contributed by atoms with Crippen LogP contribution < -0.4 is 0 Å². The van der Waals surface area contributed by atoms with E-state index < -0.39 is 0 Å². The Hall–Kier alpha value is -2.70. The number of carbonyl (C=O) groups excluding carboxylic acids is 2. The zero-order chi connectivity index (χ0) is 21.6. The minimum absolute atomic E-state index is 0.0514. The molecule has 6 heteroatoms. The maximum absolute atomic E-state index is 11.1. The van der Waals surface area contributed by atoms with Gasteiger partial charge in [0.2, 0.25) is 0 Å². The molecule has 0 heterocycles. The molecule has 2 N–H and O–H groups in total. The molecule has 2 aromatic rings. The number of aromatic hydroxyl groups is 2. The van der Waals surface area contributed by atoms with Gasteiger partial charge in [0.05, 0.1) is 11.1 Å². The van der Waals surface area contributed by atoms with Crippen LogP contribution in [-0.4, -0.2) is 59.8 Å². The third kappa shape index (κ3) is 6.14. The summed E-state index contributed by atoms with van der Waals surface area (Å²) in [5.41, 5.74) is 4.02. The number of hydrogen-bond acceptors (Lipinski definition) is 6. The van der Waals surface area contributed by atoms with Gasteiger partial charge in [0.25, 0.3) is 0 Å². The van der Waals surface area contributed by atoms with Gasteiger partial charge in [-0.15, -0.1) is 0 Å². The molecule has 0 atom stereocenters. The highest BCUT2D eigenvalue weighted by molar-refractivity contribution is 5.81. The smallest absolute Gasteiger partial charge is 0.153 e. The van der Waals surface area contributed by atoms with E-state index in [2.05, 4.69) is 9.80 Å². The molecule has 2 rings (SSSR count). The third-order valence-electron chi connectivity index (χ3n) is 4.94. The van der Waals surface area contributed by atoms with Crippen LogP contribution in [0.2, 0.25) is 0 Å². The highest BCUT2D eigenvalue weighted by Gasteiger charge is 2.12. The molecule has 6 nitrogen and oxygen atoms in total. The summed E-state index contributed by atoms with van der Waals surface area (Å²) < 4.78 is 0. The molecule has 156 valence electrons. The zero-order valence-corrected chi connectivity index (χ0v) is 17.6. The molecule has 0 unspecified atom stereocenters. The van der Waals surface area contributed by atoms with Gasteiger partial charge >= 0.3 is 0 Å². The second-order valence-corrected chi connectivity index (χ2v) is 7.79. The van der Waals surface area contributed by atoms with E-state index in [9.17, 15) is 19.8 Å². The zero-order valence-electron chi connectivity index (χ0n) is 17.6. The summed E-state index contributed by atoms with van der Waals surface area (Å²) in [5, 5.41) is 20.4. The Balaban J connectivity index is 1.89. The van der Waals surface area contributed by atoms with Gasteiger partial charge in [-0.3, -0.25) is 9.59 Å². The Kier molecular flexibility index (Phi) is 7.93. The topological polar surface area (TPSA) is 81.1 Å². The fraction of sp³-hybridized carbons (Fsp3) is 0.391. The summed E-state index contributed by atoms with van der Waals surface area (Å²) in [6, 6.07) is 7.15. The van der Waals surface area contributed by atoms with Gasteiger partial charge in [-0.2, -0.15) is 0 Å². The first-order valence-electron chi connectivity index (χ1n) is 9.67. The van der Waals surface area contributed by atoms with Crippen LogP contribution in [0.4, 0.5) is 0 Å². The van der Waals surface area contributed by atoms with Crippen molar-refractivity contribution in [2.24, 2.45) is 0 Å². The van der Waals surface area contributed by atoms with Crippen LogP contribution in [0.5, 0.6) is 11.5 Å². The molecule has 29 heavy (non-hydrogen) atoms. The van der Waals surface area contributed by atoms with Crippen LogP contribution in [-0.2, 0) is 13.1 Å². The van der Waals surface area contributed by atoms with Gasteiger partial charge in [0.1, 0.15) is 11.5 Å². The number of hydrogen-bond donors (Lipinski definition) is 2. The number of nitrogens with zero attached hydrogens (tertiary/aromatic N) is 2. The Labute approximate surface area is 172 Å². The first kappa shape index (κ1) is 22.6. The molecule has 0 aliphatic heterocycles. The van der Waals surface area contributed by atoms with Crippen LogP contribution in [0.3, 0.4) is 0 Å². The summed E-state index contributed by atoms with van der Waals surface area (Å²) in [6.07, 6.45) is 2.25. The number of benzene rings is 2. The fourth-order valence-corrected chi connectivity index (χ4v) is 3.54. The molecule has 0 saturated heterocycles. The molecule has 0 aliphatic carbocycles. The maximum atomic E-state index is 11.1. The predicted molar refractivity (Wildman–Crippen MR) is 114 cm³/mol. The van der Waals surface area contributed by atoms with Crippen molar-refractivity contribution in [3.8, 4) is 11.5 Å². The Morgan fingerprint density at radius 2 is 1.14 bits per heavy atom. The number of aryl methyl sites for hydroxylation is 2. The minimum Gasteiger partial charge on any atom is -0.507 e. The van der Waals surface area contributed by atoms with Gasteiger partial charge in [-0.1, -0.05) is 12.1 Å². The maximum Gasteiger partial charge on any atom is 0.153 e. The highest BCUT2D eigenvalue weighted by atomic mass is 16.3. The summed E-state index contributed by atoms with van der Waals surface area (Å²) in [6.45, 7) is 6.54. The van der Waals surface area contributed by atoms with E-state index in [1.54, 1.807) is 12.1 Å². The van der Waals surface area contributed by atoms with Crippen molar-refractivity contribution >= 4 is 12.6 Å². The van der Waals surface area contributed by atoms with Crippen molar-refractivity contribution in [3.63, 3.8) is 0 Å². The monoisotopic (exact) mass is 398 g/mol. The van der Waals surface area contributed by atoms with Gasteiger partial charge in [0.15, 0.2) is 12.6 Å². The van der Waals surface area contributed by atoms with E-state index in [4.69, 9.17) is 0 Å². The minimum atomic E-state index is 0.0514. The standard InChI is InChI=1S/C23H30N2O4/c1-16-8-18(22(28)20(10-16)14-26)12-24(3)6-5-7-25(4)13-19-9-17(2)11-21(15-27)23(19)29/h8-11,14-15,28-29H,5-7,12-13H2,1-4H3. The van der Waals surface area contributed by atoms with Crippen LogP contribution in [0.25, 0.3) is 0 Å². The van der Waals surface area contributed by atoms with Crippen molar-refractivity contribution in [2.75, 3.05) is 27.2 Å². The molecule has 2 aromatic carbocycles. The second-order valence-electron chi connectivity index (χ2n) is 7.79. The molecule has 0 bridgehead atoms. The second kappa shape index (κ2) is 10.2. The average Bonchev–Trinajstić information content (AvgIpc) is 2.66. The van der Waals surface area contributed by atoms with Gasteiger partial charge in [-0.25, -0.2) is 0 Å². The Morgan fingerprint density at radius 1 is 0.759 bits per heavy atom. The first-order valence-corrected chi connectivity index (χ1v) is 9.67. The summed E-state index contributed by atoms with van der Waals surface area (Å²) in [4.78, 5) is 26.4. The van der Waals surface area contributed by atoms with E-state index in [1.807, 2.05) is 40.1 Å². The van der Waals surface area contributed by atoms with Crippen molar-refractivity contribution < 1.29 is 19.8 Å². The van der Waals surface area contributed by atoms with E-state index in [1.165, 1.54) is 0 Å². The van der Waals surface area contributed by atoms with Crippen LogP contribution in [0, 0.1) is 13.8 Å². The molecule has 0 aliphatic rings. The SMILES string of the molecule is Cc1cc(C=O)c(O)c(CN(C)CCCN(C)Cc2cc(C)cc(C=O)c2O)c1. The van der Waals surface area contributed by atoms with E-state index in [0.717, 1.165) is 41.8 Å². The molecule has 0 aromatic heterocycles. The largest absolute Gasteiger partial charge is 0.507 e. The molecule has 0 fully saturated rings. The fourth-order valence-electron chi connectivity index (χ4n) is 3.54. The Bertz CT molecular complexity index is 808. The van der Waals surface area contributed by atoms with Crippen LogP contribution >= 0.6 is 0 Å². The summed E-state index contributed by atoms with van der Waals surface area (Å²) >= 11 is 0. The van der Waals surface area contributed by atoms with Crippen molar-refractivity contribution in [3.05, 3.63) is 57.6 Å². The molecule has 0 radical (unpaired) electrons. The summed E-state index contributed by atoms with van der Waals surface area (Å²) in [5.74, 6) is 0.103. The molecule has 0 amide bonds. The predicted octanol–water partition coefficient (Wildman–Crippen LogP) is 3.29. The van der Waals surface area contributed by atoms with Crippen molar-refractivity contribution in [1.29, 1.82) is 0 Å². The number of aldehydes is 2. The van der Waals surface area contributed by atoms with Crippen LogP contribution in [0.1, 0.15) is 49.4 Å². The first-order chi connectivity index (χ1) is 13.7. The molecular weight excluding hydrogens is 368 g/mol. The van der Waals surface area contributed by atoms with E-state index in [0.29, 0.717) is 36.8 Å². The normalized spacial score (nSPS) is 11.2. The van der Waals surface area contributed by atoms with Crippen molar-refractivity contribution in [1.82, 2.24) is 9.80 Å². The van der Waals surface area contributed by atoms with Gasteiger partial charge in [-0.05, 0) is 70.7 Å². The molecule has 0 saturated carbocycles. The number of rotatable bonds is 10. The Morgan fingerprint density at radius 3 is 1.48 bits per heavy atom. The van der Waals surface area contributed by atoms with Gasteiger partial charge < -0.3 is 20.0 Å². The lowest BCUT2D eigenvalue weighted by Gasteiger charge is -2.22. The molecule has 0 spiro atoms. The average molecular weight is 399 g/mol. The lowest BCUT2D eigenvalue weighted by molar-refractivity contribution is 0.111. The van der Waals surface area contributed by atoms with E-state index >= 15 is 0 Å². The number of phenolic OH excluding ortho intramolecular Hbond substituents is 2. The van der Waals surface area contributed by atoms with E-state index in [-0.39, 0.29) is 11.5 Å². The molecular formula is C23H30N2O4. The number of phenols is 2. The third-order valence-corrected chi connectivity index (χ3v) is 4.94. The van der Waals surface area contributed by atoms with Gasteiger partial charge in [0, 0.05) is 24.2 Å². The number of carbonyl (C=O) groups is 2. The quantitative estimate of drug-likeness (QED) is 0.598. The van der Waals surface area contributed by atoms with Crippen LogP contribution in [0.15, 0.2) is 24.3 Å². The highest BCUT2D eigenvalue weighted by Crippen LogP contribution is 2.25. The lowest BCUT2D eigenvalue weighted by atomic mass is 10.0. The lowest BCUT2D eigenvalue weighted by Crippen LogP contribution is -2.25. The summed E-state index contributed by atoms with van der Waals surface area (Å²) in [7, 11) is 3.95. The van der Waals surface area contributed by atoms with Crippen molar-refractivity contribution in [2.45, 2.75) is 33.4 Å².